The molecule has 2 aromatic heterocycles. The topological polar surface area (TPSA) is 169 Å². The van der Waals surface area contributed by atoms with E-state index in [-0.39, 0.29) is 37.4 Å². The molecular weight excluding hydrogens is 858 g/mol. The largest absolute Gasteiger partial charge is 0.496 e. The summed E-state index contributed by atoms with van der Waals surface area (Å²) in [5.41, 5.74) is 0.474. The minimum atomic E-state index is -4.61. The molecule has 63 heavy (non-hydrogen) atoms. The number of aromatic nitrogens is 2. The summed E-state index contributed by atoms with van der Waals surface area (Å²) in [5.74, 6) is -1.31. The molecule has 0 spiro atoms. The van der Waals surface area contributed by atoms with E-state index in [1.807, 2.05) is 30.5 Å². The number of thiazole rings is 1. The Kier molecular flexibility index (Phi) is 12.2. The molecule has 4 aliphatic rings. The van der Waals surface area contributed by atoms with E-state index in [9.17, 15) is 36.0 Å². The third kappa shape index (κ3) is 9.38. The first kappa shape index (κ1) is 44.4. The monoisotopic (exact) mass is 908 g/mol. The molecule has 4 heterocycles. The Hall–Kier alpha value is -5.23. The van der Waals surface area contributed by atoms with E-state index < -0.39 is 74.4 Å². The molecule has 3 fully saturated rings. The lowest BCUT2D eigenvalue weighted by molar-refractivity contribution is -0.140. The van der Waals surface area contributed by atoms with E-state index in [1.54, 1.807) is 19.2 Å². The number of ether oxygens (including phenoxy) is 2. The van der Waals surface area contributed by atoms with Gasteiger partial charge in [-0.3, -0.25) is 19.1 Å². The number of nitrogens with one attached hydrogen (secondary N) is 3. The zero-order valence-corrected chi connectivity index (χ0v) is 37.1. The molecule has 13 nitrogen and oxygen atoms in total. The number of anilines is 1. The number of benzene rings is 2. The van der Waals surface area contributed by atoms with Gasteiger partial charge < -0.3 is 25.0 Å². The van der Waals surface area contributed by atoms with Crippen molar-refractivity contribution in [2.45, 2.75) is 120 Å². The molecule has 1 saturated heterocycles. The van der Waals surface area contributed by atoms with Crippen LogP contribution >= 0.6 is 11.3 Å². The Morgan fingerprint density at radius 2 is 1.84 bits per heavy atom. The number of nitrogens with zero attached hydrogens (tertiary/aromatic N) is 3. The van der Waals surface area contributed by atoms with Crippen molar-refractivity contribution in [3.63, 3.8) is 0 Å². The van der Waals surface area contributed by atoms with E-state index in [2.05, 4.69) is 29.2 Å². The van der Waals surface area contributed by atoms with E-state index in [0.717, 1.165) is 29.8 Å². The number of sulfonamides is 1. The van der Waals surface area contributed by atoms with Crippen LogP contribution in [0.3, 0.4) is 0 Å². The fourth-order valence-electron chi connectivity index (χ4n) is 8.49. The fourth-order valence-corrected chi connectivity index (χ4v) is 10.8. The number of amides is 3. The number of fused-ring (bicyclic) bond motifs is 3. The van der Waals surface area contributed by atoms with Crippen molar-refractivity contribution < 1.29 is 45.4 Å². The molecule has 0 bridgehead atoms. The highest BCUT2D eigenvalue weighted by Gasteiger charge is 2.62. The number of alkyl halides is 3. The number of allylic oxidation sites excluding steroid dienone is 1. The van der Waals surface area contributed by atoms with Crippen LogP contribution in [0.25, 0.3) is 21.6 Å². The normalized spacial score (nSPS) is 25.0. The third-order valence-electron chi connectivity index (χ3n) is 12.4. The SMILES string of the molecule is COc1ccc2c(O[C@@H]3C[C@H]4C(=O)N[C@]5(C(=O)NS(=O)(=O)C6CC6)C[C@@H]5/C=C\CCCCC[C@H](Nc5cccc(C(F)(F)F)c5)C(=O)N4C3)cc(-c3nc(C(C)C)cs3)nc2c1C. The first-order valence-electron chi connectivity index (χ1n) is 21.4. The van der Waals surface area contributed by atoms with Gasteiger partial charge in [0.1, 0.15) is 45.9 Å². The fraction of sp³-hybridized carbons (Fsp3) is 0.489. The molecule has 0 radical (unpaired) electrons. The van der Waals surface area contributed by atoms with Crippen LogP contribution in [0.1, 0.15) is 94.4 Å². The summed E-state index contributed by atoms with van der Waals surface area (Å²) < 4.78 is 82.0. The van der Waals surface area contributed by atoms with Crippen molar-refractivity contribution in [2.75, 3.05) is 19.0 Å². The number of rotatable bonds is 10. The quantitative estimate of drug-likeness (QED) is 0.135. The molecule has 4 aromatic rings. The number of pyridine rings is 1. The number of aryl methyl sites for hydroxylation is 1. The predicted molar refractivity (Wildman–Crippen MR) is 233 cm³/mol. The van der Waals surface area contributed by atoms with Gasteiger partial charge in [-0.05, 0) is 81.7 Å². The zero-order valence-electron chi connectivity index (χ0n) is 35.5. The average molecular weight is 909 g/mol. The number of methoxy groups -OCH3 is 1. The summed E-state index contributed by atoms with van der Waals surface area (Å²) in [6.07, 6.45) is 2.23. The lowest BCUT2D eigenvalue weighted by Gasteiger charge is -2.30. The van der Waals surface area contributed by atoms with Crippen LogP contribution in [0, 0.1) is 12.8 Å². The second kappa shape index (κ2) is 17.4. The highest BCUT2D eigenvalue weighted by Crippen LogP contribution is 2.46. The Bertz CT molecular complexity index is 2560. The maximum atomic E-state index is 14.9. The molecule has 2 saturated carbocycles. The number of carbonyl (C=O) groups is 3. The van der Waals surface area contributed by atoms with Gasteiger partial charge in [-0.15, -0.1) is 11.3 Å². The second-order valence-electron chi connectivity index (χ2n) is 17.3. The summed E-state index contributed by atoms with van der Waals surface area (Å²) in [6, 6.07) is 7.83. The molecule has 3 amide bonds. The Labute approximate surface area is 368 Å². The first-order valence-corrected chi connectivity index (χ1v) is 23.8. The van der Waals surface area contributed by atoms with Gasteiger partial charge in [-0.1, -0.05) is 44.9 Å². The van der Waals surface area contributed by atoms with Crippen LogP contribution in [0.15, 0.2) is 60.0 Å². The maximum absolute atomic E-state index is 14.9. The summed E-state index contributed by atoms with van der Waals surface area (Å²) in [4.78, 5) is 54.7. The summed E-state index contributed by atoms with van der Waals surface area (Å²) in [6.45, 7) is 5.90. The van der Waals surface area contributed by atoms with E-state index in [1.165, 1.54) is 28.4 Å². The van der Waals surface area contributed by atoms with Crippen LogP contribution in [0.2, 0.25) is 0 Å². The summed E-state index contributed by atoms with van der Waals surface area (Å²) in [5, 5.41) is 8.57. The minimum absolute atomic E-state index is 0.0184. The lowest BCUT2D eigenvalue weighted by Crippen LogP contribution is -2.57. The van der Waals surface area contributed by atoms with Gasteiger partial charge in [0.05, 0.1) is 35.7 Å². The molecule has 2 aromatic carbocycles. The molecule has 2 aliphatic heterocycles. The van der Waals surface area contributed by atoms with Crippen molar-refractivity contribution in [3.05, 3.63) is 76.8 Å². The van der Waals surface area contributed by atoms with Crippen molar-refractivity contribution in [1.82, 2.24) is 24.9 Å². The third-order valence-corrected chi connectivity index (χ3v) is 15.1. The Balaban J connectivity index is 1.16. The molecule has 18 heteroatoms. The highest BCUT2D eigenvalue weighted by atomic mass is 32.2. The van der Waals surface area contributed by atoms with E-state index in [4.69, 9.17) is 19.4 Å². The molecule has 0 unspecified atom stereocenters. The van der Waals surface area contributed by atoms with Gasteiger partial charge in [-0.2, -0.15) is 13.2 Å². The van der Waals surface area contributed by atoms with Gasteiger partial charge in [-0.25, -0.2) is 18.4 Å². The highest BCUT2D eigenvalue weighted by molar-refractivity contribution is 7.91. The van der Waals surface area contributed by atoms with Crippen LogP contribution in [-0.2, 0) is 30.6 Å². The van der Waals surface area contributed by atoms with E-state index >= 15 is 0 Å². The molecule has 5 atom stereocenters. The average Bonchev–Trinajstić information content (AvgIpc) is 4.11. The van der Waals surface area contributed by atoms with Gasteiger partial charge in [0.2, 0.25) is 21.8 Å². The minimum Gasteiger partial charge on any atom is -0.496 e. The van der Waals surface area contributed by atoms with Crippen molar-refractivity contribution in [1.29, 1.82) is 0 Å². The second-order valence-corrected chi connectivity index (χ2v) is 20.1. The number of hydrogen-bond donors (Lipinski definition) is 3. The van der Waals surface area contributed by atoms with Crippen LogP contribution in [0.5, 0.6) is 11.5 Å². The van der Waals surface area contributed by atoms with Crippen LogP contribution < -0.4 is 24.8 Å². The van der Waals surface area contributed by atoms with E-state index in [0.29, 0.717) is 65.2 Å². The first-order chi connectivity index (χ1) is 30.0. The van der Waals surface area contributed by atoms with Gasteiger partial charge >= 0.3 is 6.18 Å². The number of halogens is 3. The molecule has 336 valence electrons. The lowest BCUT2D eigenvalue weighted by atomic mass is 10.0. The molecular formula is C45H51F3N6O7S2. The number of carbonyl (C=O) groups excluding carboxylic acids is 3. The van der Waals surface area contributed by atoms with Gasteiger partial charge in [0.15, 0.2) is 0 Å². The molecule has 2 aliphatic carbocycles. The zero-order chi connectivity index (χ0) is 44.8. The summed E-state index contributed by atoms with van der Waals surface area (Å²) in [7, 11) is -2.39. The molecule has 8 rings (SSSR count). The Morgan fingerprint density at radius 3 is 2.56 bits per heavy atom. The van der Waals surface area contributed by atoms with Crippen molar-refractivity contribution in [3.8, 4) is 22.2 Å². The Morgan fingerprint density at radius 1 is 1.05 bits per heavy atom. The predicted octanol–water partition coefficient (Wildman–Crippen LogP) is 7.65. The standard InChI is InChI=1S/C45H51F3N6O7S2/c1-25(2)35-24-62-41(51-35)34-21-38(32-17-18-37(60-4)26(3)39(32)50-34)61-30-20-36-40(55)52-44(43(57)53-63(58,59)31-15-16-31)22-28(44)11-8-6-5-7-9-14-33(42(56)54(36)23-30)49-29-13-10-12-27(19-29)45(46,47)48/h8,10-13,17-19,21,24-25,28,30-31,33,36,49H,5-7,9,14-16,20,22-23H2,1-4H3,(H,52,55)(H,53,57)/b11-8-/t28-,30+,33-,36-,44+/m0/s1. The summed E-state index contributed by atoms with van der Waals surface area (Å²) >= 11 is 1.45. The molecule has 3 N–H and O–H groups in total. The smallest absolute Gasteiger partial charge is 0.416 e. The van der Waals surface area contributed by atoms with Gasteiger partial charge in [0, 0.05) is 40.4 Å². The number of hydrogen-bond acceptors (Lipinski definition) is 11. The van der Waals surface area contributed by atoms with Crippen molar-refractivity contribution in [2.24, 2.45) is 5.92 Å². The van der Waals surface area contributed by atoms with Crippen molar-refractivity contribution >= 4 is 55.7 Å². The van der Waals surface area contributed by atoms with Crippen LogP contribution in [0.4, 0.5) is 18.9 Å². The maximum Gasteiger partial charge on any atom is 0.416 e. The van der Waals surface area contributed by atoms with Gasteiger partial charge in [0.25, 0.3) is 5.91 Å². The van der Waals surface area contributed by atoms with Crippen LogP contribution in [-0.4, -0.2) is 83.6 Å².